The SMILES string of the molecule is CCOc1ccc(-n2c(-c3ccccc3)cnc2SCC(=O)N2CCOCC2)cc1. The number of morpholine rings is 1. The highest BCUT2D eigenvalue weighted by Gasteiger charge is 2.20. The van der Waals surface area contributed by atoms with E-state index in [1.54, 1.807) is 0 Å². The fraction of sp³-hybridized carbons (Fsp3) is 0.304. The predicted octanol–water partition coefficient (Wildman–Crippen LogP) is 3.89. The lowest BCUT2D eigenvalue weighted by molar-refractivity contribution is -0.132. The Kier molecular flexibility index (Phi) is 6.71. The van der Waals surface area contributed by atoms with Crippen LogP contribution in [0.1, 0.15) is 6.92 Å². The van der Waals surface area contributed by atoms with E-state index in [1.165, 1.54) is 11.8 Å². The molecular formula is C23H25N3O3S. The topological polar surface area (TPSA) is 56.6 Å². The molecule has 1 aromatic heterocycles. The van der Waals surface area contributed by atoms with E-state index in [0.29, 0.717) is 38.7 Å². The van der Waals surface area contributed by atoms with Gasteiger partial charge in [0.2, 0.25) is 5.91 Å². The molecule has 30 heavy (non-hydrogen) atoms. The van der Waals surface area contributed by atoms with Crippen molar-refractivity contribution in [1.29, 1.82) is 0 Å². The Hall–Kier alpha value is -2.77. The normalized spacial score (nSPS) is 14.0. The van der Waals surface area contributed by atoms with Crippen molar-refractivity contribution < 1.29 is 14.3 Å². The lowest BCUT2D eigenvalue weighted by Gasteiger charge is -2.26. The molecule has 7 heteroatoms. The Bertz CT molecular complexity index is 967. The molecule has 2 aromatic carbocycles. The van der Waals surface area contributed by atoms with Gasteiger partial charge in [-0.25, -0.2) is 4.98 Å². The minimum absolute atomic E-state index is 0.116. The number of thioether (sulfide) groups is 1. The van der Waals surface area contributed by atoms with Crippen LogP contribution in [-0.4, -0.2) is 59.0 Å². The fourth-order valence-corrected chi connectivity index (χ4v) is 4.28. The van der Waals surface area contributed by atoms with Crippen LogP contribution in [0, 0.1) is 0 Å². The minimum Gasteiger partial charge on any atom is -0.494 e. The zero-order chi connectivity index (χ0) is 20.8. The van der Waals surface area contributed by atoms with Crippen LogP contribution in [0.2, 0.25) is 0 Å². The van der Waals surface area contributed by atoms with Gasteiger partial charge in [0.25, 0.3) is 0 Å². The summed E-state index contributed by atoms with van der Waals surface area (Å²) in [5.74, 6) is 1.30. The smallest absolute Gasteiger partial charge is 0.233 e. The summed E-state index contributed by atoms with van der Waals surface area (Å²) in [6, 6.07) is 18.1. The molecule has 6 nitrogen and oxygen atoms in total. The van der Waals surface area contributed by atoms with E-state index >= 15 is 0 Å². The number of carbonyl (C=O) groups excluding carboxylic acids is 1. The molecule has 156 valence electrons. The van der Waals surface area contributed by atoms with Gasteiger partial charge in [0, 0.05) is 24.3 Å². The van der Waals surface area contributed by atoms with E-state index in [1.807, 2.05) is 60.5 Å². The molecule has 1 aliphatic heterocycles. The van der Waals surface area contributed by atoms with Gasteiger partial charge in [0.15, 0.2) is 5.16 Å². The summed E-state index contributed by atoms with van der Waals surface area (Å²) in [4.78, 5) is 19.1. The van der Waals surface area contributed by atoms with Gasteiger partial charge in [0.1, 0.15) is 5.75 Å². The number of carbonyl (C=O) groups is 1. The van der Waals surface area contributed by atoms with E-state index in [0.717, 1.165) is 27.9 Å². The lowest BCUT2D eigenvalue weighted by atomic mass is 10.1. The number of aromatic nitrogens is 2. The van der Waals surface area contributed by atoms with Crippen LogP contribution in [0.3, 0.4) is 0 Å². The van der Waals surface area contributed by atoms with Gasteiger partial charge in [-0.3, -0.25) is 9.36 Å². The Morgan fingerprint density at radius 2 is 1.83 bits per heavy atom. The molecule has 1 fully saturated rings. The Morgan fingerprint density at radius 3 is 2.53 bits per heavy atom. The van der Waals surface area contributed by atoms with Gasteiger partial charge in [-0.15, -0.1) is 0 Å². The average molecular weight is 424 g/mol. The van der Waals surface area contributed by atoms with Crippen LogP contribution in [0.4, 0.5) is 0 Å². The first-order valence-electron chi connectivity index (χ1n) is 10.1. The van der Waals surface area contributed by atoms with Gasteiger partial charge >= 0.3 is 0 Å². The second-order valence-electron chi connectivity index (χ2n) is 6.84. The third kappa shape index (κ3) is 4.68. The molecule has 3 aromatic rings. The van der Waals surface area contributed by atoms with Crippen LogP contribution in [0.15, 0.2) is 66.0 Å². The van der Waals surface area contributed by atoms with Crippen LogP contribution in [-0.2, 0) is 9.53 Å². The maximum absolute atomic E-state index is 12.6. The number of imidazole rings is 1. The van der Waals surface area contributed by atoms with Crippen LogP contribution < -0.4 is 4.74 Å². The Morgan fingerprint density at radius 1 is 1.10 bits per heavy atom. The highest BCUT2D eigenvalue weighted by Crippen LogP contribution is 2.30. The molecule has 1 saturated heterocycles. The van der Waals surface area contributed by atoms with Crippen molar-refractivity contribution in [2.24, 2.45) is 0 Å². The fourth-order valence-electron chi connectivity index (χ4n) is 3.39. The molecule has 0 aliphatic carbocycles. The van der Waals surface area contributed by atoms with Crippen LogP contribution >= 0.6 is 11.8 Å². The first kappa shape index (κ1) is 20.5. The zero-order valence-electron chi connectivity index (χ0n) is 17.0. The lowest BCUT2D eigenvalue weighted by Crippen LogP contribution is -2.41. The quantitative estimate of drug-likeness (QED) is 0.540. The van der Waals surface area contributed by atoms with Crippen LogP contribution in [0.5, 0.6) is 5.75 Å². The van der Waals surface area contributed by atoms with Gasteiger partial charge in [-0.2, -0.15) is 0 Å². The molecule has 0 spiro atoms. The number of hydrogen-bond donors (Lipinski definition) is 0. The molecular weight excluding hydrogens is 398 g/mol. The van der Waals surface area contributed by atoms with E-state index in [-0.39, 0.29) is 5.91 Å². The molecule has 0 atom stereocenters. The standard InChI is InChI=1S/C23H25N3O3S/c1-2-29-20-10-8-19(9-11-20)26-21(18-6-4-3-5-7-18)16-24-23(26)30-17-22(27)25-12-14-28-15-13-25/h3-11,16H,2,12-15,17H2,1H3. The van der Waals surface area contributed by atoms with Gasteiger partial charge in [-0.1, -0.05) is 42.1 Å². The molecule has 0 saturated carbocycles. The number of ether oxygens (including phenoxy) is 2. The van der Waals surface area contributed by atoms with Crippen molar-refractivity contribution in [3.8, 4) is 22.7 Å². The number of amides is 1. The van der Waals surface area contributed by atoms with Crippen molar-refractivity contribution in [1.82, 2.24) is 14.5 Å². The third-order valence-electron chi connectivity index (χ3n) is 4.89. The van der Waals surface area contributed by atoms with E-state index in [4.69, 9.17) is 9.47 Å². The predicted molar refractivity (Wildman–Crippen MR) is 118 cm³/mol. The number of nitrogens with zero attached hydrogens (tertiary/aromatic N) is 3. The maximum atomic E-state index is 12.6. The van der Waals surface area contributed by atoms with Crippen molar-refractivity contribution in [3.63, 3.8) is 0 Å². The van der Waals surface area contributed by atoms with Gasteiger partial charge < -0.3 is 14.4 Å². The summed E-state index contributed by atoms with van der Waals surface area (Å²) >= 11 is 1.46. The summed E-state index contributed by atoms with van der Waals surface area (Å²) in [7, 11) is 0. The summed E-state index contributed by atoms with van der Waals surface area (Å²) in [5, 5.41) is 0.791. The molecule has 0 bridgehead atoms. The minimum atomic E-state index is 0.116. The summed E-state index contributed by atoms with van der Waals surface area (Å²) in [6.07, 6.45) is 1.87. The highest BCUT2D eigenvalue weighted by atomic mass is 32.2. The largest absolute Gasteiger partial charge is 0.494 e. The van der Waals surface area contributed by atoms with Gasteiger partial charge in [-0.05, 0) is 31.2 Å². The van der Waals surface area contributed by atoms with E-state index < -0.39 is 0 Å². The second-order valence-corrected chi connectivity index (χ2v) is 7.78. The first-order valence-corrected chi connectivity index (χ1v) is 11.1. The molecule has 0 radical (unpaired) electrons. The van der Waals surface area contributed by atoms with Crippen molar-refractivity contribution in [2.45, 2.75) is 12.1 Å². The van der Waals surface area contributed by atoms with Crippen LogP contribution in [0.25, 0.3) is 16.9 Å². The molecule has 1 amide bonds. The van der Waals surface area contributed by atoms with E-state index in [9.17, 15) is 4.79 Å². The second kappa shape index (κ2) is 9.82. The molecule has 2 heterocycles. The third-order valence-corrected chi connectivity index (χ3v) is 5.83. The molecule has 0 unspecified atom stereocenters. The van der Waals surface area contributed by atoms with Crippen molar-refractivity contribution in [3.05, 3.63) is 60.8 Å². The number of hydrogen-bond acceptors (Lipinski definition) is 5. The average Bonchev–Trinajstić information content (AvgIpc) is 3.23. The Labute approximate surface area is 180 Å². The monoisotopic (exact) mass is 423 g/mol. The first-order chi connectivity index (χ1) is 14.8. The summed E-state index contributed by atoms with van der Waals surface area (Å²) < 4.78 is 13.0. The number of benzene rings is 2. The van der Waals surface area contributed by atoms with Gasteiger partial charge in [0.05, 0.1) is 37.5 Å². The molecule has 1 aliphatic rings. The van der Waals surface area contributed by atoms with Crippen molar-refractivity contribution >= 4 is 17.7 Å². The molecule has 4 rings (SSSR count). The molecule has 0 N–H and O–H groups in total. The highest BCUT2D eigenvalue weighted by molar-refractivity contribution is 7.99. The number of rotatable bonds is 7. The summed E-state index contributed by atoms with van der Waals surface area (Å²) in [6.45, 7) is 5.12. The van der Waals surface area contributed by atoms with E-state index in [2.05, 4.69) is 21.7 Å². The maximum Gasteiger partial charge on any atom is 0.233 e. The van der Waals surface area contributed by atoms with Crippen molar-refractivity contribution in [2.75, 3.05) is 38.7 Å². The summed E-state index contributed by atoms with van der Waals surface area (Å²) in [5.41, 5.74) is 3.04. The zero-order valence-corrected chi connectivity index (χ0v) is 17.8. The Balaban J connectivity index is 1.61.